The van der Waals surface area contributed by atoms with E-state index in [1.165, 1.54) is 23.0 Å². The van der Waals surface area contributed by atoms with Gasteiger partial charge < -0.3 is 4.90 Å². The minimum absolute atomic E-state index is 0.0235. The second kappa shape index (κ2) is 11.1. The zero-order chi connectivity index (χ0) is 20.4. The highest BCUT2D eigenvalue weighted by atomic mass is 32.2. The Morgan fingerprint density at radius 2 is 1.64 bits per heavy atom. The van der Waals surface area contributed by atoms with Gasteiger partial charge in [0.15, 0.2) is 18.9 Å². The normalized spacial score (nSPS) is 11.4. The maximum absolute atomic E-state index is 12.0. The molecule has 0 spiro atoms. The first kappa shape index (κ1) is 21.5. The van der Waals surface area contributed by atoms with Gasteiger partial charge in [-0.05, 0) is 23.3 Å². The number of hydrogen-bond acceptors (Lipinski definition) is 3. The molecule has 0 atom stereocenters. The third-order valence-electron chi connectivity index (χ3n) is 4.13. The highest BCUT2D eigenvalue weighted by molar-refractivity contribution is 8.14. The highest BCUT2D eigenvalue weighted by Crippen LogP contribution is 2.14. The first-order valence-electron chi connectivity index (χ1n) is 9.10. The predicted octanol–water partition coefficient (Wildman–Crippen LogP) is 4.77. The molecule has 1 aromatic carbocycles. The fourth-order valence-corrected chi connectivity index (χ4v) is 3.28. The van der Waals surface area contributed by atoms with Gasteiger partial charge in [-0.15, -0.1) is 0 Å². The van der Waals surface area contributed by atoms with Gasteiger partial charge in [0.25, 0.3) is 0 Å². The van der Waals surface area contributed by atoms with Crippen LogP contribution in [0.2, 0.25) is 0 Å². The van der Waals surface area contributed by atoms with Crippen LogP contribution < -0.4 is 9.47 Å². The van der Waals surface area contributed by atoms with Crippen LogP contribution >= 0.6 is 11.8 Å². The van der Waals surface area contributed by atoms with Crippen molar-refractivity contribution >= 4 is 34.7 Å². The molecule has 0 aliphatic carbocycles. The SMILES string of the molecule is C=C/C=C(\C=C)C(=O)SCC[n+]1ccc(/C=C/c2ccc(N(C)C)cc2)cc1. The van der Waals surface area contributed by atoms with Crippen molar-refractivity contribution in [3.8, 4) is 0 Å². The van der Waals surface area contributed by atoms with Crippen LogP contribution in [0.25, 0.3) is 12.2 Å². The van der Waals surface area contributed by atoms with Gasteiger partial charge in [-0.1, -0.05) is 67.4 Å². The van der Waals surface area contributed by atoms with Crippen LogP contribution in [0, 0.1) is 0 Å². The van der Waals surface area contributed by atoms with Crippen LogP contribution in [0.15, 0.2) is 85.8 Å². The molecule has 3 nitrogen and oxygen atoms in total. The monoisotopic (exact) mass is 391 g/mol. The van der Waals surface area contributed by atoms with Crippen molar-refractivity contribution in [1.82, 2.24) is 0 Å². The number of pyridine rings is 1. The van der Waals surface area contributed by atoms with Gasteiger partial charge in [-0.3, -0.25) is 4.79 Å². The topological polar surface area (TPSA) is 24.2 Å². The Kier molecular flexibility index (Phi) is 8.50. The molecule has 0 fully saturated rings. The molecule has 0 saturated heterocycles. The maximum atomic E-state index is 12.0. The standard InChI is InChI=1S/C24H27N2OS/c1-5-7-22(6-2)24(27)28-19-18-26-16-14-21(15-17-26)9-8-20-10-12-23(13-11-20)25(3)4/h5-17H,1-2,18-19H2,3-4H3/q+1/b22-7+. The average molecular weight is 392 g/mol. The van der Waals surface area contributed by atoms with E-state index in [4.69, 9.17) is 0 Å². The Morgan fingerprint density at radius 3 is 2.18 bits per heavy atom. The molecule has 1 aromatic heterocycles. The summed E-state index contributed by atoms with van der Waals surface area (Å²) in [5.41, 5.74) is 4.08. The molecule has 4 heteroatoms. The fraction of sp³-hybridized carbons (Fsp3) is 0.167. The van der Waals surface area contributed by atoms with E-state index in [0.29, 0.717) is 11.3 Å². The number of hydrogen-bond donors (Lipinski definition) is 0. The second-order valence-electron chi connectivity index (χ2n) is 6.39. The Hall–Kier alpha value is -2.85. The van der Waals surface area contributed by atoms with Crippen LogP contribution in [0.5, 0.6) is 0 Å². The van der Waals surface area contributed by atoms with E-state index >= 15 is 0 Å². The van der Waals surface area contributed by atoms with Crippen LogP contribution in [0.3, 0.4) is 0 Å². The smallest absolute Gasteiger partial charge is 0.219 e. The van der Waals surface area contributed by atoms with Crippen molar-refractivity contribution in [1.29, 1.82) is 0 Å². The van der Waals surface area contributed by atoms with Gasteiger partial charge >= 0.3 is 0 Å². The minimum atomic E-state index is 0.0235. The van der Waals surface area contributed by atoms with Crippen molar-refractivity contribution in [2.45, 2.75) is 6.54 Å². The Labute approximate surface area is 172 Å². The zero-order valence-corrected chi connectivity index (χ0v) is 17.4. The summed E-state index contributed by atoms with van der Waals surface area (Å²) >= 11 is 1.29. The number of carbonyl (C=O) groups excluding carboxylic acids is 1. The second-order valence-corrected chi connectivity index (χ2v) is 7.45. The number of thioether (sulfide) groups is 1. The van der Waals surface area contributed by atoms with E-state index < -0.39 is 0 Å². The number of benzene rings is 1. The van der Waals surface area contributed by atoms with Crippen LogP contribution in [0.1, 0.15) is 11.1 Å². The lowest BCUT2D eigenvalue weighted by atomic mass is 10.1. The summed E-state index contributed by atoms with van der Waals surface area (Å²) in [6.45, 7) is 8.05. The summed E-state index contributed by atoms with van der Waals surface area (Å²) < 4.78 is 2.08. The predicted molar refractivity (Wildman–Crippen MR) is 122 cm³/mol. The molecule has 0 radical (unpaired) electrons. The molecular weight excluding hydrogens is 364 g/mol. The highest BCUT2D eigenvalue weighted by Gasteiger charge is 2.08. The molecule has 0 bridgehead atoms. The fourth-order valence-electron chi connectivity index (χ4n) is 2.48. The number of aryl methyl sites for hydroxylation is 1. The Morgan fingerprint density at radius 1 is 1.04 bits per heavy atom. The molecule has 0 aliphatic heterocycles. The van der Waals surface area contributed by atoms with E-state index in [9.17, 15) is 4.79 Å². The molecule has 0 saturated carbocycles. The van der Waals surface area contributed by atoms with Crippen LogP contribution in [-0.4, -0.2) is 25.0 Å². The molecule has 0 amide bonds. The van der Waals surface area contributed by atoms with E-state index in [0.717, 1.165) is 12.1 Å². The van der Waals surface area contributed by atoms with Gasteiger partial charge in [0.2, 0.25) is 5.12 Å². The summed E-state index contributed by atoms with van der Waals surface area (Å²) in [7, 11) is 4.07. The van der Waals surface area contributed by atoms with Crippen molar-refractivity contribution in [3.63, 3.8) is 0 Å². The Balaban J connectivity index is 1.87. The molecule has 0 unspecified atom stereocenters. The van der Waals surface area contributed by atoms with Crippen molar-refractivity contribution < 1.29 is 9.36 Å². The molecular formula is C24H27N2OS+. The third-order valence-corrected chi connectivity index (χ3v) is 5.01. The zero-order valence-electron chi connectivity index (χ0n) is 16.5. The minimum Gasteiger partial charge on any atom is -0.378 e. The maximum Gasteiger partial charge on any atom is 0.219 e. The molecule has 2 aromatic rings. The van der Waals surface area contributed by atoms with Gasteiger partial charge in [0, 0.05) is 37.5 Å². The summed E-state index contributed by atoms with van der Waals surface area (Å²) in [5, 5.41) is 0.0235. The van der Waals surface area contributed by atoms with Gasteiger partial charge in [0.1, 0.15) is 0 Å². The quantitative estimate of drug-likeness (QED) is 0.350. The van der Waals surface area contributed by atoms with E-state index in [-0.39, 0.29) is 5.12 Å². The molecule has 0 N–H and O–H groups in total. The van der Waals surface area contributed by atoms with Crippen LogP contribution in [0.4, 0.5) is 5.69 Å². The van der Waals surface area contributed by atoms with E-state index in [2.05, 4.69) is 71.2 Å². The summed E-state index contributed by atoms with van der Waals surface area (Å²) in [6, 6.07) is 12.6. The van der Waals surface area contributed by atoms with Crippen LogP contribution in [-0.2, 0) is 11.3 Å². The molecule has 1 heterocycles. The summed E-state index contributed by atoms with van der Waals surface area (Å²) in [5.74, 6) is 0.708. The lowest BCUT2D eigenvalue weighted by molar-refractivity contribution is -0.692. The van der Waals surface area contributed by atoms with Gasteiger partial charge in [-0.25, -0.2) is 4.57 Å². The number of aromatic nitrogens is 1. The van der Waals surface area contributed by atoms with Crippen molar-refractivity contribution in [3.05, 3.63) is 96.9 Å². The molecule has 0 aliphatic rings. The lowest BCUT2D eigenvalue weighted by Gasteiger charge is -2.11. The number of anilines is 1. The summed E-state index contributed by atoms with van der Waals surface area (Å²) in [4.78, 5) is 14.1. The van der Waals surface area contributed by atoms with E-state index in [1.54, 1.807) is 18.2 Å². The summed E-state index contributed by atoms with van der Waals surface area (Å²) in [6.07, 6.45) is 13.1. The molecule has 144 valence electrons. The lowest BCUT2D eigenvalue weighted by Crippen LogP contribution is -2.34. The van der Waals surface area contributed by atoms with Crippen molar-refractivity contribution in [2.24, 2.45) is 0 Å². The number of nitrogens with zero attached hydrogens (tertiary/aromatic N) is 2. The van der Waals surface area contributed by atoms with Crippen molar-refractivity contribution in [2.75, 3.05) is 24.7 Å². The number of allylic oxidation sites excluding steroid dienone is 3. The third kappa shape index (κ3) is 6.71. The number of rotatable bonds is 9. The number of carbonyl (C=O) groups is 1. The Bertz CT molecular complexity index is 862. The van der Waals surface area contributed by atoms with Gasteiger partial charge in [0.05, 0.1) is 5.75 Å². The largest absolute Gasteiger partial charge is 0.378 e. The van der Waals surface area contributed by atoms with E-state index in [1.807, 2.05) is 26.5 Å². The molecule has 2 rings (SSSR count). The first-order chi connectivity index (χ1) is 13.5. The molecule has 28 heavy (non-hydrogen) atoms. The first-order valence-corrected chi connectivity index (χ1v) is 10.1. The average Bonchev–Trinajstić information content (AvgIpc) is 2.71. The van der Waals surface area contributed by atoms with Gasteiger partial charge in [-0.2, -0.15) is 0 Å².